The van der Waals surface area contributed by atoms with Crippen LogP contribution in [0.25, 0.3) is 0 Å². The number of carbonyl (C=O) groups is 1. The van der Waals surface area contributed by atoms with E-state index >= 15 is 0 Å². The van der Waals surface area contributed by atoms with Crippen molar-refractivity contribution < 1.29 is 4.79 Å². The van der Waals surface area contributed by atoms with Crippen molar-refractivity contribution in [1.82, 2.24) is 4.90 Å². The summed E-state index contributed by atoms with van der Waals surface area (Å²) < 4.78 is 0. The third-order valence-corrected chi connectivity index (χ3v) is 10.9. The van der Waals surface area contributed by atoms with Crippen LogP contribution in [0.2, 0.25) is 0 Å². The summed E-state index contributed by atoms with van der Waals surface area (Å²) in [6.45, 7) is 0. The number of nitrogens with zero attached hydrogens (tertiary/aromatic N) is 2. The van der Waals surface area contributed by atoms with Gasteiger partial charge in [0, 0.05) is 11.8 Å². The van der Waals surface area contributed by atoms with Gasteiger partial charge in [-0.3, -0.25) is 14.7 Å². The summed E-state index contributed by atoms with van der Waals surface area (Å²) in [6, 6.07) is 0.907. The normalized spacial score (nSPS) is 53.2. The van der Waals surface area contributed by atoms with Crippen LogP contribution in [0.1, 0.15) is 89.9 Å². The zero-order valence-corrected chi connectivity index (χ0v) is 18.0. The van der Waals surface area contributed by atoms with Crippen LogP contribution in [0, 0.1) is 47.3 Å². The maximum absolute atomic E-state index is 14.0. The molecular formula is C26H38N2O. The van der Waals surface area contributed by atoms with Crippen molar-refractivity contribution in [2.24, 2.45) is 52.3 Å². The Balaban J connectivity index is 1.32. The molecule has 2 heterocycles. The Bertz CT molecular complexity index is 728. The maximum Gasteiger partial charge on any atom is 0.231 e. The number of aliphatic imine (C=N–C) groups is 1. The highest BCUT2D eigenvalue weighted by molar-refractivity contribution is 6.05. The van der Waals surface area contributed by atoms with Gasteiger partial charge in [0.15, 0.2) is 0 Å². The average molecular weight is 395 g/mol. The monoisotopic (exact) mass is 394 g/mol. The van der Waals surface area contributed by atoms with Gasteiger partial charge in [0.1, 0.15) is 5.84 Å². The van der Waals surface area contributed by atoms with Gasteiger partial charge in [0.05, 0.1) is 12.1 Å². The molecule has 0 N–H and O–H groups in total. The van der Waals surface area contributed by atoms with Crippen LogP contribution >= 0.6 is 0 Å². The Hall–Kier alpha value is -0.860. The van der Waals surface area contributed by atoms with Gasteiger partial charge in [-0.05, 0) is 74.0 Å². The third-order valence-electron chi connectivity index (χ3n) is 10.9. The molecule has 1 amide bonds. The van der Waals surface area contributed by atoms with Crippen molar-refractivity contribution >= 4 is 11.7 Å². The predicted octanol–water partition coefficient (Wildman–Crippen LogP) is 5.44. The van der Waals surface area contributed by atoms with E-state index in [1.807, 2.05) is 0 Å². The van der Waals surface area contributed by atoms with Crippen molar-refractivity contribution in [2.75, 3.05) is 0 Å². The van der Waals surface area contributed by atoms with Crippen LogP contribution in [-0.2, 0) is 4.79 Å². The maximum atomic E-state index is 14.0. The lowest BCUT2D eigenvalue weighted by Gasteiger charge is -2.56. The molecule has 158 valence electrons. The first-order valence-corrected chi connectivity index (χ1v) is 13.2. The summed E-state index contributed by atoms with van der Waals surface area (Å²) in [4.78, 5) is 22.0. The number of carbonyl (C=O) groups excluding carboxylic acids is 1. The Labute approximate surface area is 176 Å². The fraction of sp³-hybridized carbons (Fsp3) is 0.923. The molecule has 0 aromatic heterocycles. The molecule has 5 aliphatic carbocycles. The quantitative estimate of drug-likeness (QED) is 0.539. The van der Waals surface area contributed by atoms with Gasteiger partial charge in [-0.25, -0.2) is 0 Å². The minimum Gasteiger partial charge on any atom is -0.295 e. The summed E-state index contributed by atoms with van der Waals surface area (Å²) in [6.07, 6.45) is 19.2. The Morgan fingerprint density at radius 2 is 1.28 bits per heavy atom. The zero-order valence-electron chi connectivity index (χ0n) is 18.0. The van der Waals surface area contributed by atoms with Crippen LogP contribution in [0.3, 0.4) is 0 Å². The van der Waals surface area contributed by atoms with Crippen molar-refractivity contribution in [2.45, 2.75) is 102 Å². The Morgan fingerprint density at radius 1 is 0.655 bits per heavy atom. The van der Waals surface area contributed by atoms with Crippen LogP contribution in [0.4, 0.5) is 0 Å². The van der Waals surface area contributed by atoms with Gasteiger partial charge < -0.3 is 0 Å². The average Bonchev–Trinajstić information content (AvgIpc) is 3.19. The third kappa shape index (κ3) is 2.37. The molecule has 0 aromatic carbocycles. The van der Waals surface area contributed by atoms with Crippen LogP contribution in [0.5, 0.6) is 0 Å². The van der Waals surface area contributed by atoms with Gasteiger partial charge in [-0.15, -0.1) is 0 Å². The smallest absolute Gasteiger partial charge is 0.231 e. The molecule has 10 atom stereocenters. The van der Waals surface area contributed by atoms with Crippen molar-refractivity contribution in [1.29, 1.82) is 0 Å². The lowest BCUT2D eigenvalue weighted by Crippen LogP contribution is -2.64. The molecule has 29 heavy (non-hydrogen) atoms. The summed E-state index contributed by atoms with van der Waals surface area (Å²) in [7, 11) is 0. The molecule has 2 aliphatic heterocycles. The number of hydrogen-bond donors (Lipinski definition) is 0. The largest absolute Gasteiger partial charge is 0.295 e. The molecule has 0 spiro atoms. The number of hydrogen-bond acceptors (Lipinski definition) is 2. The summed E-state index contributed by atoms with van der Waals surface area (Å²) >= 11 is 0. The Kier molecular flexibility index (Phi) is 4.03. The van der Waals surface area contributed by atoms with Gasteiger partial charge in [0.2, 0.25) is 5.91 Å². The first-order chi connectivity index (χ1) is 14.3. The van der Waals surface area contributed by atoms with Crippen molar-refractivity contribution in [3.05, 3.63) is 0 Å². The highest BCUT2D eigenvalue weighted by Gasteiger charge is 2.62. The minimum absolute atomic E-state index is 0.336. The molecule has 0 radical (unpaired) electrons. The highest BCUT2D eigenvalue weighted by Crippen LogP contribution is 2.59. The van der Waals surface area contributed by atoms with E-state index in [2.05, 4.69) is 4.90 Å². The summed E-state index contributed by atoms with van der Waals surface area (Å²) in [5.74, 6) is 7.58. The molecule has 6 fully saturated rings. The first-order valence-electron chi connectivity index (χ1n) is 13.2. The van der Waals surface area contributed by atoms with Crippen LogP contribution in [-0.4, -0.2) is 28.7 Å². The fourth-order valence-electron chi connectivity index (χ4n) is 10.0. The molecular weight excluding hydrogens is 356 g/mol. The molecule has 1 saturated heterocycles. The van der Waals surface area contributed by atoms with Gasteiger partial charge >= 0.3 is 0 Å². The van der Waals surface area contributed by atoms with E-state index in [0.29, 0.717) is 35.7 Å². The number of fused-ring (bicyclic) bond motifs is 9. The van der Waals surface area contributed by atoms with Gasteiger partial charge in [-0.2, -0.15) is 0 Å². The molecule has 10 unspecified atom stereocenters. The second-order valence-electron chi connectivity index (χ2n) is 11.8. The van der Waals surface area contributed by atoms with E-state index in [0.717, 1.165) is 36.0 Å². The number of amides is 1. The first kappa shape index (κ1) is 17.8. The number of rotatable bonds is 0. The molecule has 0 bridgehead atoms. The second-order valence-corrected chi connectivity index (χ2v) is 11.8. The highest BCUT2D eigenvalue weighted by atomic mass is 16.2. The zero-order chi connectivity index (χ0) is 19.1. The molecule has 7 aliphatic rings. The molecule has 3 nitrogen and oxygen atoms in total. The SMILES string of the molecule is O=C1C2CCCC3CCCC(C4=NC5C6CCCCC6C6CCCCC6C5N14)C32. The summed E-state index contributed by atoms with van der Waals surface area (Å²) in [5, 5.41) is 0. The van der Waals surface area contributed by atoms with E-state index in [9.17, 15) is 4.79 Å². The topological polar surface area (TPSA) is 32.7 Å². The van der Waals surface area contributed by atoms with Crippen molar-refractivity contribution in [3.63, 3.8) is 0 Å². The van der Waals surface area contributed by atoms with Crippen molar-refractivity contribution in [3.8, 4) is 0 Å². The number of piperidine rings is 1. The summed E-state index contributed by atoms with van der Waals surface area (Å²) in [5.41, 5.74) is 0. The van der Waals surface area contributed by atoms with Crippen LogP contribution in [0.15, 0.2) is 4.99 Å². The van der Waals surface area contributed by atoms with E-state index in [1.54, 1.807) is 0 Å². The molecule has 7 rings (SSSR count). The number of amidine groups is 1. The standard InChI is InChI=1S/C26H38N2O/c29-26-21-14-6-8-15-7-5-13-20(22(15)21)25-27-23-18-11-3-1-9-16(18)17-10-2-4-12-19(17)24(23)28(25)26/h15-24H,1-14H2. The molecule has 5 saturated carbocycles. The van der Waals surface area contributed by atoms with Gasteiger partial charge in [-0.1, -0.05) is 51.4 Å². The molecule has 0 aromatic rings. The lowest BCUT2D eigenvalue weighted by molar-refractivity contribution is -0.146. The minimum atomic E-state index is 0.336. The van der Waals surface area contributed by atoms with E-state index in [1.165, 1.54) is 89.3 Å². The van der Waals surface area contributed by atoms with Gasteiger partial charge in [0.25, 0.3) is 0 Å². The van der Waals surface area contributed by atoms with E-state index in [4.69, 9.17) is 4.99 Å². The second kappa shape index (κ2) is 6.57. The van der Waals surface area contributed by atoms with E-state index < -0.39 is 0 Å². The van der Waals surface area contributed by atoms with E-state index in [-0.39, 0.29) is 0 Å². The Morgan fingerprint density at radius 3 is 2.03 bits per heavy atom. The predicted molar refractivity (Wildman–Crippen MR) is 114 cm³/mol. The lowest BCUT2D eigenvalue weighted by atomic mass is 9.54. The van der Waals surface area contributed by atoms with Crippen LogP contribution < -0.4 is 0 Å². The fourth-order valence-corrected chi connectivity index (χ4v) is 10.0. The molecule has 3 heteroatoms.